The molecular formula is C24H25N3O3. The van der Waals surface area contributed by atoms with Crippen molar-refractivity contribution in [3.05, 3.63) is 53.6 Å². The molecule has 0 radical (unpaired) electrons. The Morgan fingerprint density at radius 2 is 1.53 bits per heavy atom. The van der Waals surface area contributed by atoms with E-state index in [-0.39, 0.29) is 11.8 Å². The number of carbonyl (C=O) groups excluding carboxylic acids is 3. The average molecular weight is 403 g/mol. The topological polar surface area (TPSA) is 69.7 Å². The lowest BCUT2D eigenvalue weighted by molar-refractivity contribution is -0.134. The van der Waals surface area contributed by atoms with E-state index in [4.69, 9.17) is 0 Å². The van der Waals surface area contributed by atoms with Crippen molar-refractivity contribution in [1.82, 2.24) is 0 Å². The van der Waals surface area contributed by atoms with Gasteiger partial charge in [-0.2, -0.15) is 0 Å². The van der Waals surface area contributed by atoms with Crippen LogP contribution in [0.3, 0.4) is 0 Å². The highest BCUT2D eigenvalue weighted by Crippen LogP contribution is 2.37. The molecule has 5 rings (SSSR count). The van der Waals surface area contributed by atoms with E-state index in [9.17, 15) is 14.4 Å². The van der Waals surface area contributed by atoms with Crippen molar-refractivity contribution in [3.8, 4) is 0 Å². The molecule has 1 saturated carbocycles. The van der Waals surface area contributed by atoms with Crippen LogP contribution in [0.5, 0.6) is 0 Å². The Morgan fingerprint density at radius 3 is 2.30 bits per heavy atom. The molecule has 2 aliphatic heterocycles. The van der Waals surface area contributed by atoms with Gasteiger partial charge in [-0.15, -0.1) is 0 Å². The van der Waals surface area contributed by atoms with Crippen LogP contribution in [0.15, 0.2) is 42.5 Å². The number of aryl methyl sites for hydroxylation is 2. The van der Waals surface area contributed by atoms with Gasteiger partial charge >= 0.3 is 11.8 Å². The van der Waals surface area contributed by atoms with Crippen LogP contribution in [0.4, 0.5) is 17.1 Å². The Labute approximate surface area is 175 Å². The molecule has 6 nitrogen and oxygen atoms in total. The van der Waals surface area contributed by atoms with E-state index in [1.165, 1.54) is 0 Å². The molecule has 6 heteroatoms. The van der Waals surface area contributed by atoms with E-state index in [2.05, 4.69) is 5.32 Å². The second-order valence-electron chi connectivity index (χ2n) is 8.35. The standard InChI is InChI=1S/C24H25N3O3/c28-22(24(30)26-13-3-6-16-5-1-2-8-20(16)26)25-19-12-11-17-7-4-14-27(21(17)15-19)23(29)18-9-10-18/h1-2,5,8,11-12,15,18H,3-4,6-7,9-10,13-14H2,(H,25,28). The monoisotopic (exact) mass is 403 g/mol. The Kier molecular flexibility index (Phi) is 4.77. The van der Waals surface area contributed by atoms with Gasteiger partial charge in [0.05, 0.1) is 0 Å². The second-order valence-corrected chi connectivity index (χ2v) is 8.35. The van der Waals surface area contributed by atoms with Crippen LogP contribution in [0.1, 0.15) is 36.8 Å². The summed E-state index contributed by atoms with van der Waals surface area (Å²) in [6.45, 7) is 1.25. The Balaban J connectivity index is 1.35. The van der Waals surface area contributed by atoms with E-state index in [1.54, 1.807) is 4.90 Å². The third kappa shape index (κ3) is 3.47. The Morgan fingerprint density at radius 1 is 0.833 bits per heavy atom. The summed E-state index contributed by atoms with van der Waals surface area (Å²) in [6, 6.07) is 13.3. The van der Waals surface area contributed by atoms with Crippen molar-refractivity contribution in [1.29, 1.82) is 0 Å². The summed E-state index contributed by atoms with van der Waals surface area (Å²) in [4.78, 5) is 41.7. The smallest absolute Gasteiger partial charge is 0.316 e. The normalized spacial score (nSPS) is 17.7. The van der Waals surface area contributed by atoms with Crippen LogP contribution in [-0.2, 0) is 27.2 Å². The summed E-state index contributed by atoms with van der Waals surface area (Å²) in [5, 5.41) is 2.76. The molecule has 30 heavy (non-hydrogen) atoms. The van der Waals surface area contributed by atoms with E-state index in [0.717, 1.165) is 61.0 Å². The third-order valence-corrected chi connectivity index (χ3v) is 6.20. The van der Waals surface area contributed by atoms with Gasteiger partial charge in [-0.1, -0.05) is 24.3 Å². The fraction of sp³-hybridized carbons (Fsp3) is 0.375. The summed E-state index contributed by atoms with van der Waals surface area (Å²) < 4.78 is 0. The second kappa shape index (κ2) is 7.59. The number of benzene rings is 2. The average Bonchev–Trinajstić information content (AvgIpc) is 3.63. The molecule has 0 saturated heterocycles. The molecule has 154 valence electrons. The van der Waals surface area contributed by atoms with Crippen molar-refractivity contribution in [2.45, 2.75) is 38.5 Å². The summed E-state index contributed by atoms with van der Waals surface area (Å²) in [6.07, 6.45) is 5.55. The molecule has 1 aliphatic carbocycles. The Hall–Kier alpha value is -3.15. The number of rotatable bonds is 2. The number of hydrogen-bond donors (Lipinski definition) is 1. The zero-order chi connectivity index (χ0) is 20.7. The number of para-hydroxylation sites is 1. The molecule has 1 fully saturated rings. The number of anilines is 3. The minimum atomic E-state index is -0.650. The largest absolute Gasteiger partial charge is 0.318 e. The molecule has 1 N–H and O–H groups in total. The predicted molar refractivity (Wildman–Crippen MR) is 116 cm³/mol. The molecule has 3 aliphatic rings. The molecule has 3 amide bonds. The van der Waals surface area contributed by atoms with Gasteiger partial charge in [0.2, 0.25) is 5.91 Å². The molecule has 2 heterocycles. The minimum absolute atomic E-state index is 0.148. The van der Waals surface area contributed by atoms with Gasteiger partial charge in [0.25, 0.3) is 0 Å². The maximum Gasteiger partial charge on any atom is 0.316 e. The van der Waals surface area contributed by atoms with E-state index in [0.29, 0.717) is 18.8 Å². The minimum Gasteiger partial charge on any atom is -0.318 e. The van der Waals surface area contributed by atoms with Crippen molar-refractivity contribution in [2.75, 3.05) is 28.2 Å². The van der Waals surface area contributed by atoms with Crippen LogP contribution in [0, 0.1) is 5.92 Å². The van der Waals surface area contributed by atoms with Gasteiger partial charge in [0, 0.05) is 36.1 Å². The highest BCUT2D eigenvalue weighted by Gasteiger charge is 2.36. The van der Waals surface area contributed by atoms with E-state index < -0.39 is 11.8 Å². The molecular weight excluding hydrogens is 378 g/mol. The van der Waals surface area contributed by atoms with Crippen molar-refractivity contribution < 1.29 is 14.4 Å². The lowest BCUT2D eigenvalue weighted by Gasteiger charge is -2.30. The molecule has 2 aromatic rings. The van der Waals surface area contributed by atoms with Gasteiger partial charge in [-0.05, 0) is 67.9 Å². The maximum atomic E-state index is 12.9. The molecule has 0 bridgehead atoms. The number of amides is 3. The lowest BCUT2D eigenvalue weighted by Crippen LogP contribution is -2.42. The highest BCUT2D eigenvalue weighted by atomic mass is 16.2. The van der Waals surface area contributed by atoms with E-state index >= 15 is 0 Å². The quantitative estimate of drug-likeness (QED) is 0.783. The van der Waals surface area contributed by atoms with Gasteiger partial charge < -0.3 is 15.1 Å². The maximum absolute atomic E-state index is 12.9. The van der Waals surface area contributed by atoms with Crippen LogP contribution in [0.25, 0.3) is 0 Å². The number of hydrogen-bond acceptors (Lipinski definition) is 3. The first kappa shape index (κ1) is 18.9. The van der Waals surface area contributed by atoms with Gasteiger partial charge in [-0.25, -0.2) is 0 Å². The van der Waals surface area contributed by atoms with Crippen LogP contribution in [0.2, 0.25) is 0 Å². The molecule has 0 spiro atoms. The zero-order valence-electron chi connectivity index (χ0n) is 16.9. The zero-order valence-corrected chi connectivity index (χ0v) is 16.9. The first-order valence-corrected chi connectivity index (χ1v) is 10.8. The number of fused-ring (bicyclic) bond motifs is 2. The first-order chi connectivity index (χ1) is 14.6. The highest BCUT2D eigenvalue weighted by molar-refractivity contribution is 6.44. The predicted octanol–water partition coefficient (Wildman–Crippen LogP) is 3.29. The summed E-state index contributed by atoms with van der Waals surface area (Å²) in [5.74, 6) is -0.872. The van der Waals surface area contributed by atoms with Crippen molar-refractivity contribution in [2.24, 2.45) is 5.92 Å². The molecule has 0 aromatic heterocycles. The van der Waals surface area contributed by atoms with Crippen LogP contribution in [-0.4, -0.2) is 30.8 Å². The van der Waals surface area contributed by atoms with Gasteiger partial charge in [0.1, 0.15) is 0 Å². The first-order valence-electron chi connectivity index (χ1n) is 10.8. The summed E-state index contributed by atoms with van der Waals surface area (Å²) in [7, 11) is 0. The lowest BCUT2D eigenvalue weighted by atomic mass is 10.0. The SMILES string of the molecule is O=C(Nc1ccc2c(c1)N(C(=O)C1CC1)CCC2)C(=O)N1CCCc2ccccc21. The fourth-order valence-corrected chi connectivity index (χ4v) is 4.48. The Bertz CT molecular complexity index is 1030. The summed E-state index contributed by atoms with van der Waals surface area (Å²) in [5.41, 5.74) is 4.44. The van der Waals surface area contributed by atoms with Crippen LogP contribution < -0.4 is 15.1 Å². The summed E-state index contributed by atoms with van der Waals surface area (Å²) >= 11 is 0. The van der Waals surface area contributed by atoms with Gasteiger partial charge in [0.15, 0.2) is 0 Å². The van der Waals surface area contributed by atoms with E-state index in [1.807, 2.05) is 47.4 Å². The number of nitrogens with one attached hydrogen (secondary N) is 1. The number of nitrogens with zero attached hydrogens (tertiary/aromatic N) is 2. The fourth-order valence-electron chi connectivity index (χ4n) is 4.48. The van der Waals surface area contributed by atoms with Crippen LogP contribution >= 0.6 is 0 Å². The third-order valence-electron chi connectivity index (χ3n) is 6.20. The molecule has 2 aromatic carbocycles. The molecule has 0 unspecified atom stereocenters. The van der Waals surface area contributed by atoms with Gasteiger partial charge in [-0.3, -0.25) is 14.4 Å². The van der Waals surface area contributed by atoms with Crippen molar-refractivity contribution >= 4 is 34.8 Å². The molecule has 0 atom stereocenters. The number of carbonyl (C=O) groups is 3. The van der Waals surface area contributed by atoms with Crippen molar-refractivity contribution in [3.63, 3.8) is 0 Å².